The number of anilines is 1. The van der Waals surface area contributed by atoms with Crippen molar-refractivity contribution in [2.45, 2.75) is 6.92 Å². The average molecular weight is 295 g/mol. The number of hydrogen-bond donors (Lipinski definition) is 1. The van der Waals surface area contributed by atoms with Crippen LogP contribution in [0.4, 0.5) is 5.69 Å². The summed E-state index contributed by atoms with van der Waals surface area (Å²) in [5, 5.41) is 8.86. The van der Waals surface area contributed by atoms with E-state index in [-0.39, 0.29) is 5.56 Å². The van der Waals surface area contributed by atoms with E-state index in [4.69, 9.17) is 5.11 Å². The number of carbonyl (C=O) groups excluding carboxylic acids is 2. The van der Waals surface area contributed by atoms with E-state index < -0.39 is 24.2 Å². The van der Waals surface area contributed by atoms with Gasteiger partial charge in [0, 0.05) is 0 Å². The molecule has 22 heavy (non-hydrogen) atoms. The minimum absolute atomic E-state index is 0.254. The van der Waals surface area contributed by atoms with E-state index >= 15 is 0 Å². The summed E-state index contributed by atoms with van der Waals surface area (Å²) in [4.78, 5) is 35.8. The Kier molecular flexibility index (Phi) is 3.25. The Morgan fingerprint density at radius 1 is 1.05 bits per heavy atom. The van der Waals surface area contributed by atoms with Crippen LogP contribution < -0.4 is 4.90 Å². The molecular weight excluding hydrogens is 282 g/mol. The monoisotopic (exact) mass is 295 g/mol. The molecule has 0 spiro atoms. The second-order valence-electron chi connectivity index (χ2n) is 5.21. The highest BCUT2D eigenvalue weighted by Gasteiger charge is 2.36. The van der Waals surface area contributed by atoms with Crippen LogP contribution in [0, 0.1) is 6.92 Å². The van der Waals surface area contributed by atoms with Gasteiger partial charge in [-0.05, 0) is 30.2 Å². The third-order valence-electron chi connectivity index (χ3n) is 3.65. The first-order valence-electron chi connectivity index (χ1n) is 6.76. The van der Waals surface area contributed by atoms with Gasteiger partial charge in [-0.15, -0.1) is 0 Å². The van der Waals surface area contributed by atoms with E-state index in [1.165, 1.54) is 0 Å². The molecule has 0 radical (unpaired) electrons. The molecule has 2 aromatic carbocycles. The summed E-state index contributed by atoms with van der Waals surface area (Å²) < 4.78 is 0. The van der Waals surface area contributed by atoms with Crippen LogP contribution in [0.2, 0.25) is 0 Å². The van der Waals surface area contributed by atoms with Crippen molar-refractivity contribution >= 4 is 23.3 Å². The lowest BCUT2D eigenvalue weighted by molar-refractivity contribution is -0.136. The number of carboxylic acids is 1. The standard InChI is InChI=1S/C17H13NO4/c1-10-2-4-11(5-3-10)12-6-7-14-13(8-12)16(21)17(22)18(14)9-15(19)20/h2-8H,9H2,1H3,(H,19,20). The third kappa shape index (κ3) is 2.26. The predicted molar refractivity (Wildman–Crippen MR) is 80.9 cm³/mol. The normalized spacial score (nSPS) is 13.4. The van der Waals surface area contributed by atoms with Crippen molar-refractivity contribution in [2.75, 3.05) is 11.4 Å². The van der Waals surface area contributed by atoms with Gasteiger partial charge in [-0.2, -0.15) is 0 Å². The summed E-state index contributed by atoms with van der Waals surface area (Å²) in [6, 6.07) is 12.8. The fourth-order valence-corrected chi connectivity index (χ4v) is 2.52. The fraction of sp³-hybridized carbons (Fsp3) is 0.118. The van der Waals surface area contributed by atoms with E-state index in [9.17, 15) is 14.4 Å². The molecule has 1 aliphatic rings. The van der Waals surface area contributed by atoms with Crippen LogP contribution in [0.25, 0.3) is 11.1 Å². The highest BCUT2D eigenvalue weighted by Crippen LogP contribution is 2.32. The number of Topliss-reactive ketones (excluding diaryl/α,β-unsaturated/α-hetero) is 1. The molecule has 3 rings (SSSR count). The number of aliphatic carboxylic acids is 1. The molecule has 0 aliphatic carbocycles. The number of fused-ring (bicyclic) bond motifs is 1. The molecule has 1 aliphatic heterocycles. The van der Waals surface area contributed by atoms with Gasteiger partial charge in [0.15, 0.2) is 0 Å². The van der Waals surface area contributed by atoms with Gasteiger partial charge in [0.25, 0.3) is 11.7 Å². The Labute approximate surface area is 126 Å². The zero-order chi connectivity index (χ0) is 15.9. The third-order valence-corrected chi connectivity index (χ3v) is 3.65. The number of hydrogen-bond acceptors (Lipinski definition) is 3. The zero-order valence-corrected chi connectivity index (χ0v) is 11.9. The number of aryl methyl sites for hydroxylation is 1. The van der Waals surface area contributed by atoms with E-state index in [1.54, 1.807) is 18.2 Å². The van der Waals surface area contributed by atoms with Crippen LogP contribution in [0.15, 0.2) is 42.5 Å². The van der Waals surface area contributed by atoms with Gasteiger partial charge in [0.05, 0.1) is 11.3 Å². The lowest BCUT2D eigenvalue weighted by Crippen LogP contribution is -2.34. The fourth-order valence-electron chi connectivity index (χ4n) is 2.52. The number of benzene rings is 2. The van der Waals surface area contributed by atoms with Crippen LogP contribution in [-0.2, 0) is 9.59 Å². The van der Waals surface area contributed by atoms with Gasteiger partial charge in [-0.25, -0.2) is 0 Å². The van der Waals surface area contributed by atoms with Gasteiger partial charge in [0.1, 0.15) is 6.54 Å². The Hall–Kier alpha value is -2.95. The molecule has 1 amide bonds. The second kappa shape index (κ2) is 5.11. The van der Waals surface area contributed by atoms with Gasteiger partial charge in [-0.3, -0.25) is 19.3 Å². The minimum Gasteiger partial charge on any atom is -0.480 e. The number of rotatable bonds is 3. The molecule has 5 nitrogen and oxygen atoms in total. The first-order chi connectivity index (χ1) is 10.5. The number of amides is 1. The summed E-state index contributed by atoms with van der Waals surface area (Å²) in [7, 11) is 0. The van der Waals surface area contributed by atoms with Crippen LogP contribution in [-0.4, -0.2) is 29.3 Å². The number of ketones is 1. The van der Waals surface area contributed by atoms with Crippen LogP contribution in [0.1, 0.15) is 15.9 Å². The molecule has 0 aromatic heterocycles. The quantitative estimate of drug-likeness (QED) is 0.881. The van der Waals surface area contributed by atoms with E-state index in [0.717, 1.165) is 21.6 Å². The van der Waals surface area contributed by atoms with E-state index in [1.807, 2.05) is 31.2 Å². The summed E-state index contributed by atoms with van der Waals surface area (Å²) in [6.07, 6.45) is 0. The molecule has 0 saturated heterocycles. The maximum absolute atomic E-state index is 12.0. The van der Waals surface area contributed by atoms with Crippen LogP contribution in [0.3, 0.4) is 0 Å². The molecule has 0 fully saturated rings. The first-order valence-corrected chi connectivity index (χ1v) is 6.76. The van der Waals surface area contributed by atoms with Crippen LogP contribution in [0.5, 0.6) is 0 Å². The number of nitrogens with zero attached hydrogens (tertiary/aromatic N) is 1. The summed E-state index contributed by atoms with van der Waals surface area (Å²) in [5.74, 6) is -2.61. The maximum Gasteiger partial charge on any atom is 0.323 e. The van der Waals surface area contributed by atoms with Crippen molar-refractivity contribution in [2.24, 2.45) is 0 Å². The molecule has 0 atom stereocenters. The largest absolute Gasteiger partial charge is 0.480 e. The van der Waals surface area contributed by atoms with Gasteiger partial charge < -0.3 is 5.11 Å². The van der Waals surface area contributed by atoms with Crippen molar-refractivity contribution < 1.29 is 19.5 Å². The highest BCUT2D eigenvalue weighted by molar-refractivity contribution is 6.52. The molecule has 0 unspecified atom stereocenters. The topological polar surface area (TPSA) is 74.7 Å². The van der Waals surface area contributed by atoms with Crippen molar-refractivity contribution in [1.82, 2.24) is 0 Å². The average Bonchev–Trinajstić information content (AvgIpc) is 2.72. The molecule has 110 valence electrons. The van der Waals surface area contributed by atoms with E-state index in [0.29, 0.717) is 5.69 Å². The van der Waals surface area contributed by atoms with Crippen molar-refractivity contribution in [3.63, 3.8) is 0 Å². The maximum atomic E-state index is 12.0. The van der Waals surface area contributed by atoms with Crippen molar-refractivity contribution in [3.05, 3.63) is 53.6 Å². The Balaban J connectivity index is 2.04. The Morgan fingerprint density at radius 2 is 1.68 bits per heavy atom. The smallest absolute Gasteiger partial charge is 0.323 e. The number of carbonyl (C=O) groups is 3. The van der Waals surface area contributed by atoms with Crippen LogP contribution >= 0.6 is 0 Å². The molecule has 0 bridgehead atoms. The lowest BCUT2D eigenvalue weighted by Gasteiger charge is -2.13. The Morgan fingerprint density at radius 3 is 2.32 bits per heavy atom. The second-order valence-corrected chi connectivity index (χ2v) is 5.21. The summed E-state index contributed by atoms with van der Waals surface area (Å²) >= 11 is 0. The first kappa shape index (κ1) is 14.0. The molecule has 0 saturated carbocycles. The SMILES string of the molecule is Cc1ccc(-c2ccc3c(c2)C(=O)C(=O)N3CC(=O)O)cc1. The molecule has 2 aromatic rings. The predicted octanol–water partition coefficient (Wildman–Crippen LogP) is 2.28. The van der Waals surface area contributed by atoms with Crippen molar-refractivity contribution in [3.8, 4) is 11.1 Å². The molecule has 1 N–H and O–H groups in total. The minimum atomic E-state index is -1.16. The molecular formula is C17H13NO4. The molecule has 5 heteroatoms. The van der Waals surface area contributed by atoms with Crippen molar-refractivity contribution in [1.29, 1.82) is 0 Å². The van der Waals surface area contributed by atoms with Gasteiger partial charge in [0.2, 0.25) is 0 Å². The number of carboxylic acid groups (broad SMARTS) is 1. The zero-order valence-electron chi connectivity index (χ0n) is 11.9. The highest BCUT2D eigenvalue weighted by atomic mass is 16.4. The Bertz CT molecular complexity index is 793. The molecule has 1 heterocycles. The van der Waals surface area contributed by atoms with Gasteiger partial charge >= 0.3 is 5.97 Å². The lowest BCUT2D eigenvalue weighted by atomic mass is 10.0. The van der Waals surface area contributed by atoms with E-state index in [2.05, 4.69) is 0 Å². The summed E-state index contributed by atoms with van der Waals surface area (Å²) in [5.41, 5.74) is 3.49. The summed E-state index contributed by atoms with van der Waals surface area (Å²) in [6.45, 7) is 1.47. The van der Waals surface area contributed by atoms with Gasteiger partial charge in [-0.1, -0.05) is 35.9 Å².